The van der Waals surface area contributed by atoms with Gasteiger partial charge in [-0.05, 0) is 11.1 Å². The second-order valence-electron chi connectivity index (χ2n) is 6.20. The van der Waals surface area contributed by atoms with E-state index in [9.17, 15) is 0 Å². The predicted octanol–water partition coefficient (Wildman–Crippen LogP) is 1.96. The van der Waals surface area contributed by atoms with Crippen LogP contribution in [0.4, 0.5) is 0 Å². The maximum Gasteiger partial charge on any atom is 0.430 e. The van der Waals surface area contributed by atoms with Crippen molar-refractivity contribution in [2.75, 3.05) is 13.3 Å². The third-order valence-corrected chi connectivity index (χ3v) is 4.10. The van der Waals surface area contributed by atoms with Crippen molar-refractivity contribution in [2.45, 2.75) is 13.1 Å². The average Bonchev–Trinajstić information content (AvgIpc) is 3.27. The van der Waals surface area contributed by atoms with E-state index >= 15 is 0 Å². The number of hydrogen-bond acceptors (Lipinski definition) is 6. The van der Waals surface area contributed by atoms with Crippen LogP contribution in [0.5, 0.6) is 0 Å². The highest BCUT2D eigenvalue weighted by Gasteiger charge is 2.22. The van der Waals surface area contributed by atoms with E-state index in [-0.39, 0.29) is 0 Å². The van der Waals surface area contributed by atoms with E-state index in [1.54, 1.807) is 0 Å². The summed E-state index contributed by atoms with van der Waals surface area (Å²) >= 11 is 0. The molecule has 2 aliphatic rings. The summed E-state index contributed by atoms with van der Waals surface area (Å²) in [5.74, 6) is 0. The normalized spacial score (nSPS) is 16.2. The molecular formula is C18H20BN6. The summed E-state index contributed by atoms with van der Waals surface area (Å²) < 4.78 is 0. The van der Waals surface area contributed by atoms with Crippen LogP contribution >= 0.6 is 0 Å². The van der Waals surface area contributed by atoms with Gasteiger partial charge in [-0.2, -0.15) is 10.2 Å². The minimum Gasteiger partial charge on any atom is -0.339 e. The third kappa shape index (κ3) is 4.12. The van der Waals surface area contributed by atoms with Gasteiger partial charge in [0, 0.05) is 13.1 Å². The lowest BCUT2D eigenvalue weighted by molar-refractivity contribution is 0.288. The lowest BCUT2D eigenvalue weighted by atomic mass is 10.1. The van der Waals surface area contributed by atoms with Crippen LogP contribution in [0.2, 0.25) is 0 Å². The molecule has 0 amide bonds. The Bertz CT molecular complexity index is 672. The molecule has 25 heavy (non-hydrogen) atoms. The Kier molecular flexibility index (Phi) is 4.54. The van der Waals surface area contributed by atoms with Crippen molar-refractivity contribution in [3.05, 3.63) is 71.8 Å². The van der Waals surface area contributed by atoms with Crippen LogP contribution in [-0.2, 0) is 13.1 Å². The summed E-state index contributed by atoms with van der Waals surface area (Å²) in [5, 5.41) is 8.86. The molecule has 0 spiro atoms. The minimum absolute atomic E-state index is 0.736. The second kappa shape index (κ2) is 7.30. The lowest BCUT2D eigenvalue weighted by Crippen LogP contribution is -2.39. The molecular weight excluding hydrogens is 311 g/mol. The molecule has 0 atom stereocenters. The molecule has 125 valence electrons. The molecule has 2 aliphatic heterocycles. The fourth-order valence-corrected chi connectivity index (χ4v) is 2.90. The summed E-state index contributed by atoms with van der Waals surface area (Å²) in [6.45, 7) is 3.19. The second-order valence-corrected chi connectivity index (χ2v) is 6.20. The van der Waals surface area contributed by atoms with Crippen LogP contribution in [0.25, 0.3) is 0 Å². The van der Waals surface area contributed by atoms with Gasteiger partial charge in [-0.3, -0.25) is 9.84 Å². The first-order valence-electron chi connectivity index (χ1n) is 8.38. The van der Waals surface area contributed by atoms with Gasteiger partial charge in [0.05, 0.1) is 13.3 Å². The zero-order chi connectivity index (χ0) is 16.9. The molecule has 4 rings (SSSR count). The molecule has 2 aromatic carbocycles. The Labute approximate surface area is 148 Å². The van der Waals surface area contributed by atoms with Crippen LogP contribution in [0.15, 0.2) is 70.9 Å². The molecule has 2 heterocycles. The average molecular weight is 331 g/mol. The van der Waals surface area contributed by atoms with Crippen molar-refractivity contribution in [1.29, 1.82) is 0 Å². The molecule has 0 N–H and O–H groups in total. The van der Waals surface area contributed by atoms with Crippen molar-refractivity contribution in [3.8, 4) is 0 Å². The van der Waals surface area contributed by atoms with E-state index < -0.39 is 0 Å². The van der Waals surface area contributed by atoms with Crippen molar-refractivity contribution in [1.82, 2.24) is 19.6 Å². The van der Waals surface area contributed by atoms with Gasteiger partial charge in [-0.15, -0.1) is 0 Å². The van der Waals surface area contributed by atoms with Gasteiger partial charge in [0.2, 0.25) is 0 Å². The highest BCUT2D eigenvalue weighted by molar-refractivity contribution is 6.28. The van der Waals surface area contributed by atoms with E-state index in [2.05, 4.69) is 68.5 Å². The molecule has 0 aromatic heterocycles. The number of hydrazone groups is 2. The standard InChI is InChI=1S/C18H20BN6/c1-3-7-17(8-4-1)11-22-13-20-24(15-22)19-25-16-23(14-21-25)12-18-9-5-2-6-10-18/h1-10,13-14H,11-12,15-16H2. The van der Waals surface area contributed by atoms with Crippen LogP contribution in [0, 0.1) is 0 Å². The zero-order valence-corrected chi connectivity index (χ0v) is 14.0. The molecule has 0 fully saturated rings. The molecule has 0 saturated heterocycles. The Balaban J connectivity index is 1.23. The summed E-state index contributed by atoms with van der Waals surface area (Å²) in [5.41, 5.74) is 2.56. The van der Waals surface area contributed by atoms with Crippen molar-refractivity contribution in [3.63, 3.8) is 0 Å². The fraction of sp³-hybridized carbons (Fsp3) is 0.222. The Morgan fingerprint density at radius 3 is 1.56 bits per heavy atom. The Morgan fingerprint density at radius 2 is 1.12 bits per heavy atom. The van der Waals surface area contributed by atoms with E-state index in [1.165, 1.54) is 11.1 Å². The van der Waals surface area contributed by atoms with Crippen LogP contribution in [0.1, 0.15) is 11.1 Å². The molecule has 7 heteroatoms. The quantitative estimate of drug-likeness (QED) is 0.759. The first kappa shape index (κ1) is 15.6. The summed E-state index contributed by atoms with van der Waals surface area (Å²) in [6, 6.07) is 20.8. The highest BCUT2D eigenvalue weighted by atomic mass is 15.6. The van der Waals surface area contributed by atoms with Crippen molar-refractivity contribution in [2.24, 2.45) is 10.2 Å². The first-order chi connectivity index (χ1) is 12.3. The summed E-state index contributed by atoms with van der Waals surface area (Å²) in [7, 11) is 1.95. The number of rotatable bonds is 6. The fourth-order valence-electron chi connectivity index (χ4n) is 2.90. The minimum atomic E-state index is 0.736. The van der Waals surface area contributed by atoms with Gasteiger partial charge in [0.1, 0.15) is 12.7 Å². The van der Waals surface area contributed by atoms with Crippen LogP contribution in [0.3, 0.4) is 0 Å². The topological polar surface area (TPSA) is 37.7 Å². The highest BCUT2D eigenvalue weighted by Crippen LogP contribution is 2.11. The molecule has 0 unspecified atom stereocenters. The third-order valence-electron chi connectivity index (χ3n) is 4.10. The lowest BCUT2D eigenvalue weighted by Gasteiger charge is -2.23. The smallest absolute Gasteiger partial charge is 0.339 e. The Hall–Kier alpha value is -2.96. The van der Waals surface area contributed by atoms with E-state index in [0.717, 1.165) is 26.4 Å². The molecule has 2 aromatic rings. The molecule has 1 radical (unpaired) electrons. The molecule has 0 aliphatic carbocycles. The van der Waals surface area contributed by atoms with Crippen LogP contribution < -0.4 is 0 Å². The van der Waals surface area contributed by atoms with Crippen molar-refractivity contribution < 1.29 is 0 Å². The number of hydrogen-bond donors (Lipinski definition) is 0. The maximum atomic E-state index is 4.43. The van der Waals surface area contributed by atoms with Crippen LogP contribution in [-0.4, -0.2) is 53.2 Å². The predicted molar refractivity (Wildman–Crippen MR) is 100 cm³/mol. The largest absolute Gasteiger partial charge is 0.430 e. The van der Waals surface area contributed by atoms with E-state index in [4.69, 9.17) is 0 Å². The molecule has 6 nitrogen and oxygen atoms in total. The van der Waals surface area contributed by atoms with Gasteiger partial charge in [0.25, 0.3) is 0 Å². The number of nitrogens with zero attached hydrogens (tertiary/aromatic N) is 6. The monoisotopic (exact) mass is 331 g/mol. The molecule has 0 bridgehead atoms. The Morgan fingerprint density at radius 1 is 0.680 bits per heavy atom. The first-order valence-corrected chi connectivity index (χ1v) is 8.38. The summed E-state index contributed by atoms with van der Waals surface area (Å²) in [6.07, 6.45) is 3.76. The zero-order valence-electron chi connectivity index (χ0n) is 14.0. The SMILES string of the molecule is [B](N1CN(Cc2ccccc2)C=N1)N1CN(Cc2ccccc2)C=N1. The van der Waals surface area contributed by atoms with Gasteiger partial charge in [0.15, 0.2) is 0 Å². The van der Waals surface area contributed by atoms with Crippen molar-refractivity contribution >= 4 is 20.2 Å². The van der Waals surface area contributed by atoms with Gasteiger partial charge in [-0.1, -0.05) is 60.7 Å². The van der Waals surface area contributed by atoms with Gasteiger partial charge in [-0.25, -0.2) is 0 Å². The number of benzene rings is 2. The van der Waals surface area contributed by atoms with E-state index in [1.807, 2.05) is 42.2 Å². The van der Waals surface area contributed by atoms with Gasteiger partial charge >= 0.3 is 7.55 Å². The van der Waals surface area contributed by atoms with Gasteiger partial charge < -0.3 is 9.80 Å². The summed E-state index contributed by atoms with van der Waals surface area (Å²) in [4.78, 5) is 8.17. The van der Waals surface area contributed by atoms with E-state index in [0.29, 0.717) is 0 Å². The maximum absolute atomic E-state index is 4.43. The molecule has 0 saturated carbocycles.